The molecule has 5 nitrogen and oxygen atoms in total. The molecule has 1 heterocycles. The number of nitriles is 1. The van der Waals surface area contributed by atoms with Gasteiger partial charge in [0.25, 0.3) is 0 Å². The van der Waals surface area contributed by atoms with E-state index in [0.717, 1.165) is 25.9 Å². The molecule has 2 fully saturated rings. The summed E-state index contributed by atoms with van der Waals surface area (Å²) in [5, 5.41) is 10.4. The third-order valence-electron chi connectivity index (χ3n) is 6.63. The van der Waals surface area contributed by atoms with E-state index in [4.69, 9.17) is 23.2 Å². The Labute approximate surface area is 200 Å². The minimum absolute atomic E-state index is 0.0509. The largest absolute Gasteiger partial charge is 0.300 e. The predicted molar refractivity (Wildman–Crippen MR) is 128 cm³/mol. The Morgan fingerprint density at radius 2 is 1.47 bits per heavy atom. The molecule has 170 valence electrons. The summed E-state index contributed by atoms with van der Waals surface area (Å²) in [6, 6.07) is 11.6. The van der Waals surface area contributed by atoms with E-state index in [1.54, 1.807) is 29.2 Å². The van der Waals surface area contributed by atoms with Gasteiger partial charge >= 0.3 is 0 Å². The first-order valence-electron chi connectivity index (χ1n) is 11.1. The normalized spacial score (nSPS) is 18.9. The monoisotopic (exact) mass is 491 g/mol. The number of piperidine rings is 1. The van der Waals surface area contributed by atoms with Crippen LogP contribution in [0.1, 0.15) is 44.9 Å². The SMILES string of the molecule is N#CN(c1ccc(S(=O)(=O)c2cc(Cl)cc(Cl)c2)cc1)C1CCN(C2CCCCC2)CC1. The van der Waals surface area contributed by atoms with Gasteiger partial charge in [0.15, 0.2) is 6.19 Å². The van der Waals surface area contributed by atoms with Crippen molar-refractivity contribution >= 4 is 38.7 Å². The fourth-order valence-corrected chi connectivity index (χ4v) is 6.90. The van der Waals surface area contributed by atoms with Crippen LogP contribution in [0.4, 0.5) is 5.69 Å². The van der Waals surface area contributed by atoms with Crippen LogP contribution in [0, 0.1) is 11.5 Å². The summed E-state index contributed by atoms with van der Waals surface area (Å²) in [6.07, 6.45) is 10.8. The number of hydrogen-bond acceptors (Lipinski definition) is 5. The van der Waals surface area contributed by atoms with Crippen LogP contribution in [0.3, 0.4) is 0 Å². The van der Waals surface area contributed by atoms with E-state index in [-0.39, 0.29) is 25.9 Å². The summed E-state index contributed by atoms with van der Waals surface area (Å²) in [5.41, 5.74) is 0.715. The molecule has 2 aliphatic rings. The Balaban J connectivity index is 1.46. The van der Waals surface area contributed by atoms with Crippen molar-refractivity contribution in [1.82, 2.24) is 4.90 Å². The number of halogens is 2. The fourth-order valence-electron chi connectivity index (χ4n) is 4.91. The van der Waals surface area contributed by atoms with Gasteiger partial charge in [-0.25, -0.2) is 8.42 Å². The van der Waals surface area contributed by atoms with E-state index >= 15 is 0 Å². The van der Waals surface area contributed by atoms with Crippen molar-refractivity contribution in [2.24, 2.45) is 0 Å². The van der Waals surface area contributed by atoms with Crippen LogP contribution in [0.2, 0.25) is 10.0 Å². The second-order valence-corrected chi connectivity index (χ2v) is 11.5. The lowest BCUT2D eigenvalue weighted by Crippen LogP contribution is -2.47. The van der Waals surface area contributed by atoms with E-state index in [9.17, 15) is 13.7 Å². The second-order valence-electron chi connectivity index (χ2n) is 8.63. The molecule has 2 aromatic rings. The number of rotatable bonds is 5. The first-order chi connectivity index (χ1) is 15.4. The summed E-state index contributed by atoms with van der Waals surface area (Å²) in [7, 11) is -3.75. The zero-order valence-electron chi connectivity index (χ0n) is 17.9. The van der Waals surface area contributed by atoms with Crippen molar-refractivity contribution < 1.29 is 8.42 Å². The molecule has 0 N–H and O–H groups in total. The van der Waals surface area contributed by atoms with E-state index in [2.05, 4.69) is 11.1 Å². The zero-order chi connectivity index (χ0) is 22.7. The maximum Gasteiger partial charge on any atom is 0.206 e. The molecule has 1 aliphatic heterocycles. The van der Waals surface area contributed by atoms with Gasteiger partial charge in [-0.15, -0.1) is 0 Å². The molecule has 0 spiro atoms. The van der Waals surface area contributed by atoms with Crippen LogP contribution in [-0.4, -0.2) is 38.5 Å². The van der Waals surface area contributed by atoms with Crippen molar-refractivity contribution in [1.29, 1.82) is 5.26 Å². The van der Waals surface area contributed by atoms with E-state index in [1.807, 2.05) is 0 Å². The maximum absolute atomic E-state index is 13.0. The molecule has 0 bridgehead atoms. The molecular weight excluding hydrogens is 465 g/mol. The third kappa shape index (κ3) is 5.07. The van der Waals surface area contributed by atoms with Crippen molar-refractivity contribution in [3.8, 4) is 6.19 Å². The number of likely N-dealkylation sites (tertiary alicyclic amines) is 1. The number of nitrogens with zero attached hydrogens (tertiary/aromatic N) is 3. The average molecular weight is 492 g/mol. The molecule has 1 aliphatic carbocycles. The number of benzene rings is 2. The summed E-state index contributed by atoms with van der Waals surface area (Å²) < 4.78 is 26.0. The molecule has 2 aromatic carbocycles. The number of anilines is 1. The fraction of sp³-hybridized carbons (Fsp3) is 0.458. The smallest absolute Gasteiger partial charge is 0.206 e. The number of hydrogen-bond donors (Lipinski definition) is 0. The Morgan fingerprint density at radius 3 is 2.03 bits per heavy atom. The first-order valence-corrected chi connectivity index (χ1v) is 13.4. The van der Waals surface area contributed by atoms with E-state index in [0.29, 0.717) is 11.7 Å². The van der Waals surface area contributed by atoms with Gasteiger partial charge in [0, 0.05) is 35.2 Å². The molecule has 0 unspecified atom stereocenters. The van der Waals surface area contributed by atoms with Gasteiger partial charge < -0.3 is 4.90 Å². The first kappa shape index (κ1) is 23.4. The number of sulfone groups is 1. The Morgan fingerprint density at radius 1 is 0.875 bits per heavy atom. The van der Waals surface area contributed by atoms with Crippen LogP contribution in [0.5, 0.6) is 0 Å². The maximum atomic E-state index is 13.0. The summed E-state index contributed by atoms with van der Waals surface area (Å²) in [4.78, 5) is 4.52. The summed E-state index contributed by atoms with van der Waals surface area (Å²) >= 11 is 12.0. The van der Waals surface area contributed by atoms with Gasteiger partial charge in [-0.05, 0) is 68.1 Å². The highest BCUT2D eigenvalue weighted by Gasteiger charge is 2.29. The van der Waals surface area contributed by atoms with Crippen LogP contribution in [0.15, 0.2) is 52.3 Å². The Kier molecular flexibility index (Phi) is 7.31. The Bertz CT molecular complexity index is 1060. The lowest BCUT2D eigenvalue weighted by Gasteiger charge is -2.41. The minimum atomic E-state index is -3.75. The van der Waals surface area contributed by atoms with Gasteiger partial charge in [-0.3, -0.25) is 4.90 Å². The van der Waals surface area contributed by atoms with Crippen molar-refractivity contribution in [2.45, 2.75) is 66.8 Å². The quantitative estimate of drug-likeness (QED) is 0.384. The molecule has 0 atom stereocenters. The predicted octanol–water partition coefficient (Wildman–Crippen LogP) is 5.91. The Hall–Kier alpha value is -1.78. The molecule has 0 amide bonds. The van der Waals surface area contributed by atoms with E-state index < -0.39 is 9.84 Å². The van der Waals surface area contributed by atoms with Crippen LogP contribution in [0.25, 0.3) is 0 Å². The molecule has 4 rings (SSSR count). The highest BCUT2D eigenvalue weighted by molar-refractivity contribution is 7.91. The minimum Gasteiger partial charge on any atom is -0.300 e. The lowest BCUT2D eigenvalue weighted by molar-refractivity contribution is 0.123. The van der Waals surface area contributed by atoms with E-state index in [1.165, 1.54) is 50.3 Å². The van der Waals surface area contributed by atoms with Gasteiger partial charge in [0.05, 0.1) is 15.5 Å². The lowest BCUT2D eigenvalue weighted by atomic mass is 9.92. The highest BCUT2D eigenvalue weighted by atomic mass is 35.5. The third-order valence-corrected chi connectivity index (χ3v) is 8.82. The summed E-state index contributed by atoms with van der Waals surface area (Å²) in [6.45, 7) is 2.02. The van der Waals surface area contributed by atoms with Gasteiger partial charge in [-0.1, -0.05) is 42.5 Å². The molecule has 8 heteroatoms. The zero-order valence-corrected chi connectivity index (χ0v) is 20.2. The van der Waals surface area contributed by atoms with Crippen molar-refractivity contribution in [2.75, 3.05) is 18.0 Å². The highest BCUT2D eigenvalue weighted by Crippen LogP contribution is 2.31. The second kappa shape index (κ2) is 10.0. The average Bonchev–Trinajstić information content (AvgIpc) is 2.80. The molecular formula is C24H27Cl2N3O2S. The molecule has 0 aromatic heterocycles. The van der Waals surface area contributed by atoms with Crippen LogP contribution < -0.4 is 4.90 Å². The van der Waals surface area contributed by atoms with Crippen LogP contribution >= 0.6 is 23.2 Å². The standard InChI is InChI=1S/C24H27Cl2N3O2S/c25-18-14-19(26)16-24(15-18)32(30,31)23-8-6-21(7-9-23)29(17-27)22-10-12-28(13-11-22)20-4-2-1-3-5-20/h6-9,14-16,20,22H,1-5,10-13H2. The van der Waals surface area contributed by atoms with Crippen LogP contribution in [-0.2, 0) is 9.84 Å². The topological polar surface area (TPSA) is 64.4 Å². The summed E-state index contributed by atoms with van der Waals surface area (Å²) in [5.74, 6) is 0. The molecule has 32 heavy (non-hydrogen) atoms. The van der Waals surface area contributed by atoms with Crippen molar-refractivity contribution in [3.05, 3.63) is 52.5 Å². The van der Waals surface area contributed by atoms with Gasteiger partial charge in [0.1, 0.15) is 0 Å². The molecule has 1 saturated heterocycles. The molecule has 0 radical (unpaired) electrons. The molecule has 1 saturated carbocycles. The van der Waals surface area contributed by atoms with Gasteiger partial charge in [-0.2, -0.15) is 5.26 Å². The van der Waals surface area contributed by atoms with Crippen molar-refractivity contribution in [3.63, 3.8) is 0 Å². The van der Waals surface area contributed by atoms with Gasteiger partial charge in [0.2, 0.25) is 9.84 Å².